The van der Waals surface area contributed by atoms with Gasteiger partial charge in [0.1, 0.15) is 12.1 Å². The number of hydrogen-bond donors (Lipinski definition) is 3. The summed E-state index contributed by atoms with van der Waals surface area (Å²) in [7, 11) is 1.61. The van der Waals surface area contributed by atoms with Crippen LogP contribution in [0.2, 0.25) is 0 Å². The standard InChI is InChI=1S/C30H31N7O4/c1-39-27-18-26-25(17-28(27)41-12-4-9-37-10-13-40-14-11-37)29(33-20-32-26)34-23-7-3-8-24(16-23)36-30(38)35-22-6-2-5-21(15-22)19-31/h2-3,5-8,15-18,20H,4,9-14H2,1H3,(H,32,33,34)(H2,35,36,38). The molecule has 41 heavy (non-hydrogen) atoms. The molecule has 0 saturated carbocycles. The van der Waals surface area contributed by atoms with Crippen molar-refractivity contribution in [1.82, 2.24) is 14.9 Å². The quantitative estimate of drug-likeness (QED) is 0.232. The third-order valence-electron chi connectivity index (χ3n) is 6.53. The maximum absolute atomic E-state index is 12.5. The van der Waals surface area contributed by atoms with Gasteiger partial charge in [0.25, 0.3) is 0 Å². The van der Waals surface area contributed by atoms with Crippen molar-refractivity contribution in [2.45, 2.75) is 6.42 Å². The Balaban J connectivity index is 1.26. The molecule has 0 unspecified atom stereocenters. The molecule has 1 aliphatic heterocycles. The lowest BCUT2D eigenvalue weighted by molar-refractivity contribution is 0.0357. The Hall–Kier alpha value is -4.92. The van der Waals surface area contributed by atoms with Crippen LogP contribution in [0.25, 0.3) is 10.9 Å². The van der Waals surface area contributed by atoms with Crippen molar-refractivity contribution in [2.75, 3.05) is 62.5 Å². The zero-order chi connectivity index (χ0) is 28.4. The molecule has 11 nitrogen and oxygen atoms in total. The molecule has 0 spiro atoms. The summed E-state index contributed by atoms with van der Waals surface area (Å²) in [6, 6.07) is 19.3. The minimum atomic E-state index is -0.424. The van der Waals surface area contributed by atoms with E-state index < -0.39 is 6.03 Å². The largest absolute Gasteiger partial charge is 0.493 e. The van der Waals surface area contributed by atoms with Gasteiger partial charge < -0.3 is 30.2 Å². The van der Waals surface area contributed by atoms with E-state index in [0.29, 0.717) is 46.4 Å². The van der Waals surface area contributed by atoms with Crippen LogP contribution in [-0.4, -0.2) is 67.5 Å². The van der Waals surface area contributed by atoms with Crippen LogP contribution in [0.15, 0.2) is 67.0 Å². The van der Waals surface area contributed by atoms with Gasteiger partial charge in [0.15, 0.2) is 11.5 Å². The Morgan fingerprint density at radius 2 is 1.76 bits per heavy atom. The predicted octanol–water partition coefficient (Wildman–Crippen LogP) is 5.00. The molecular formula is C30H31N7O4. The molecule has 0 aliphatic carbocycles. The zero-order valence-corrected chi connectivity index (χ0v) is 22.7. The number of nitrogens with one attached hydrogen (secondary N) is 3. The summed E-state index contributed by atoms with van der Waals surface area (Å²) in [5, 5.41) is 18.7. The first-order valence-corrected chi connectivity index (χ1v) is 13.3. The number of fused-ring (bicyclic) bond motifs is 1. The van der Waals surface area contributed by atoms with E-state index >= 15 is 0 Å². The monoisotopic (exact) mass is 553 g/mol. The second-order valence-electron chi connectivity index (χ2n) is 9.38. The van der Waals surface area contributed by atoms with E-state index in [-0.39, 0.29) is 0 Å². The number of amides is 2. The molecule has 2 heterocycles. The van der Waals surface area contributed by atoms with Gasteiger partial charge in [0, 0.05) is 48.1 Å². The first-order chi connectivity index (χ1) is 20.1. The highest BCUT2D eigenvalue weighted by Gasteiger charge is 2.14. The van der Waals surface area contributed by atoms with E-state index in [4.69, 9.17) is 19.5 Å². The number of nitrogens with zero attached hydrogens (tertiary/aromatic N) is 4. The number of morpholine rings is 1. The smallest absolute Gasteiger partial charge is 0.323 e. The average Bonchev–Trinajstić information content (AvgIpc) is 3.00. The first-order valence-electron chi connectivity index (χ1n) is 13.3. The third kappa shape index (κ3) is 7.39. The Labute approximate surface area is 238 Å². The second-order valence-corrected chi connectivity index (χ2v) is 9.38. The van der Waals surface area contributed by atoms with Crippen molar-refractivity contribution in [1.29, 1.82) is 5.26 Å². The lowest BCUT2D eigenvalue weighted by atomic mass is 10.2. The molecule has 1 saturated heterocycles. The summed E-state index contributed by atoms with van der Waals surface area (Å²) in [6.45, 7) is 4.95. The molecule has 1 aromatic heterocycles. The van der Waals surface area contributed by atoms with Gasteiger partial charge in [-0.3, -0.25) is 4.90 Å². The number of rotatable bonds is 10. The average molecular weight is 554 g/mol. The van der Waals surface area contributed by atoms with Crippen molar-refractivity contribution < 1.29 is 19.0 Å². The summed E-state index contributed by atoms with van der Waals surface area (Å²) in [5.74, 6) is 1.81. The number of benzene rings is 3. The minimum Gasteiger partial charge on any atom is -0.493 e. The zero-order valence-electron chi connectivity index (χ0n) is 22.7. The SMILES string of the molecule is COc1cc2ncnc(Nc3cccc(NC(=O)Nc4cccc(C#N)c4)c3)c2cc1OCCCN1CCOCC1. The van der Waals surface area contributed by atoms with Crippen molar-refractivity contribution in [3.63, 3.8) is 0 Å². The van der Waals surface area contributed by atoms with E-state index in [1.807, 2.05) is 24.3 Å². The van der Waals surface area contributed by atoms with Crippen molar-refractivity contribution in [3.05, 3.63) is 72.6 Å². The Bertz CT molecular complexity index is 1550. The van der Waals surface area contributed by atoms with Crippen LogP contribution >= 0.6 is 0 Å². The highest BCUT2D eigenvalue weighted by molar-refractivity contribution is 6.00. The summed E-state index contributed by atoms with van der Waals surface area (Å²) >= 11 is 0. The van der Waals surface area contributed by atoms with Gasteiger partial charge in [-0.05, 0) is 48.9 Å². The number of urea groups is 1. The van der Waals surface area contributed by atoms with Gasteiger partial charge in [0.05, 0.1) is 44.1 Å². The Morgan fingerprint density at radius 3 is 2.54 bits per heavy atom. The number of hydrogen-bond acceptors (Lipinski definition) is 9. The number of carbonyl (C=O) groups is 1. The molecule has 2 amide bonds. The maximum atomic E-state index is 12.5. The first kappa shape index (κ1) is 27.6. The predicted molar refractivity (Wildman–Crippen MR) is 157 cm³/mol. The minimum absolute atomic E-state index is 0.424. The molecule has 3 aromatic carbocycles. The molecule has 0 atom stereocenters. The van der Waals surface area contributed by atoms with Gasteiger partial charge in [0.2, 0.25) is 0 Å². The molecule has 0 radical (unpaired) electrons. The number of aromatic nitrogens is 2. The summed E-state index contributed by atoms with van der Waals surface area (Å²) in [4.78, 5) is 23.8. The lowest BCUT2D eigenvalue weighted by Gasteiger charge is -2.26. The number of nitriles is 1. The van der Waals surface area contributed by atoms with E-state index in [9.17, 15) is 4.79 Å². The molecular weight excluding hydrogens is 522 g/mol. The van der Waals surface area contributed by atoms with Gasteiger partial charge in [-0.15, -0.1) is 0 Å². The normalized spacial score (nSPS) is 13.3. The molecule has 3 N–H and O–H groups in total. The van der Waals surface area contributed by atoms with E-state index in [1.54, 1.807) is 43.5 Å². The number of carbonyl (C=O) groups excluding carboxylic acids is 1. The Morgan fingerprint density at radius 1 is 1.00 bits per heavy atom. The van der Waals surface area contributed by atoms with E-state index in [2.05, 4.69) is 36.9 Å². The fourth-order valence-corrected chi connectivity index (χ4v) is 4.50. The van der Waals surface area contributed by atoms with Gasteiger partial charge in [-0.2, -0.15) is 5.26 Å². The van der Waals surface area contributed by atoms with Crippen LogP contribution in [0.1, 0.15) is 12.0 Å². The van der Waals surface area contributed by atoms with E-state index in [1.165, 1.54) is 6.33 Å². The topological polar surface area (TPSA) is 134 Å². The molecule has 1 fully saturated rings. The molecule has 5 rings (SSSR count). The summed E-state index contributed by atoms with van der Waals surface area (Å²) < 4.78 is 17.1. The van der Waals surface area contributed by atoms with Gasteiger partial charge in [-0.25, -0.2) is 14.8 Å². The highest BCUT2D eigenvalue weighted by atomic mass is 16.5. The number of ether oxygens (including phenoxy) is 3. The molecule has 1 aliphatic rings. The van der Waals surface area contributed by atoms with Crippen molar-refractivity contribution in [2.24, 2.45) is 0 Å². The highest BCUT2D eigenvalue weighted by Crippen LogP contribution is 2.35. The van der Waals surface area contributed by atoms with Crippen LogP contribution in [0, 0.1) is 11.3 Å². The van der Waals surface area contributed by atoms with Crippen molar-refractivity contribution >= 4 is 39.8 Å². The fourth-order valence-electron chi connectivity index (χ4n) is 4.50. The van der Waals surface area contributed by atoms with Crippen molar-refractivity contribution in [3.8, 4) is 17.6 Å². The number of anilines is 4. The molecule has 4 aromatic rings. The van der Waals surface area contributed by atoms with Crippen LogP contribution in [0.3, 0.4) is 0 Å². The Kier molecular flexibility index (Phi) is 9.05. The van der Waals surface area contributed by atoms with Crippen LogP contribution < -0.4 is 25.4 Å². The molecule has 210 valence electrons. The molecule has 11 heteroatoms. The second kappa shape index (κ2) is 13.4. The summed E-state index contributed by atoms with van der Waals surface area (Å²) in [6.07, 6.45) is 2.37. The summed E-state index contributed by atoms with van der Waals surface area (Å²) in [5.41, 5.74) is 2.99. The van der Waals surface area contributed by atoms with E-state index in [0.717, 1.165) is 50.3 Å². The fraction of sp³-hybridized carbons (Fsp3) is 0.267. The molecule has 0 bridgehead atoms. The van der Waals surface area contributed by atoms with Crippen LogP contribution in [-0.2, 0) is 4.74 Å². The lowest BCUT2D eigenvalue weighted by Crippen LogP contribution is -2.37. The van der Waals surface area contributed by atoms with Gasteiger partial charge >= 0.3 is 6.03 Å². The van der Waals surface area contributed by atoms with Crippen LogP contribution in [0.4, 0.5) is 27.7 Å². The van der Waals surface area contributed by atoms with Gasteiger partial charge in [-0.1, -0.05) is 12.1 Å². The number of methoxy groups -OCH3 is 1. The third-order valence-corrected chi connectivity index (χ3v) is 6.53. The van der Waals surface area contributed by atoms with Crippen LogP contribution in [0.5, 0.6) is 11.5 Å². The maximum Gasteiger partial charge on any atom is 0.323 e.